The van der Waals surface area contributed by atoms with E-state index in [1.54, 1.807) is 25.2 Å². The molecule has 3 rings (SSSR count). The minimum atomic E-state index is -0.863. The minimum absolute atomic E-state index is 0.0267. The highest BCUT2D eigenvalue weighted by Gasteiger charge is 2.38. The Morgan fingerprint density at radius 3 is 2.23 bits per heavy atom. The minimum Gasteiger partial charge on any atom is -0.490 e. The molecule has 0 fully saturated rings. The van der Waals surface area contributed by atoms with E-state index in [9.17, 15) is 20.9 Å². The van der Waals surface area contributed by atoms with E-state index < -0.39 is 11.7 Å². The third-order valence-electron chi connectivity index (χ3n) is 7.18. The molecule has 1 aliphatic rings. The summed E-state index contributed by atoms with van der Waals surface area (Å²) in [4.78, 5) is 4.38. The van der Waals surface area contributed by atoms with E-state index in [1.807, 2.05) is 48.6 Å². The lowest BCUT2D eigenvalue weighted by Crippen LogP contribution is -2.25. The first-order valence-corrected chi connectivity index (χ1v) is 15.8. The van der Waals surface area contributed by atoms with Crippen LogP contribution in [-0.2, 0) is 4.74 Å². The van der Waals surface area contributed by atoms with Crippen LogP contribution in [0.1, 0.15) is 68.7 Å². The zero-order chi connectivity index (χ0) is 32.1. The van der Waals surface area contributed by atoms with Gasteiger partial charge in [-0.05, 0) is 69.2 Å². The second kappa shape index (κ2) is 16.6. The van der Waals surface area contributed by atoms with Crippen molar-refractivity contribution in [1.29, 1.82) is 15.8 Å². The zero-order valence-corrected chi connectivity index (χ0v) is 26.8. The van der Waals surface area contributed by atoms with E-state index in [-0.39, 0.29) is 29.8 Å². The van der Waals surface area contributed by atoms with E-state index in [0.717, 1.165) is 59.8 Å². The fourth-order valence-corrected chi connectivity index (χ4v) is 5.49. The van der Waals surface area contributed by atoms with E-state index in [2.05, 4.69) is 43.0 Å². The van der Waals surface area contributed by atoms with Crippen molar-refractivity contribution in [1.82, 2.24) is 0 Å². The molecule has 226 valence electrons. The Morgan fingerprint density at radius 2 is 1.66 bits per heavy atom. The molecule has 0 bridgehead atoms. The first-order valence-electron chi connectivity index (χ1n) is 15.0. The van der Waals surface area contributed by atoms with Gasteiger partial charge in [-0.25, -0.2) is 0 Å². The second-order valence-electron chi connectivity index (χ2n) is 11.0. The van der Waals surface area contributed by atoms with Crippen LogP contribution < -0.4 is 9.64 Å². The maximum Gasteiger partial charge on any atom is 0.172 e. The monoisotopic (exact) mass is 606 g/mol. The topological polar surface area (TPSA) is 113 Å². The van der Waals surface area contributed by atoms with Crippen molar-refractivity contribution in [2.45, 2.75) is 71.4 Å². The fraction of sp³-hybridized carbons (Fsp3) is 0.400. The number of unbranched alkanes of at least 4 members (excludes halogenated alkanes) is 2. The number of rotatable bonds is 15. The maximum absolute atomic E-state index is 10.0. The molecule has 2 heterocycles. The molecule has 0 amide bonds. The largest absolute Gasteiger partial charge is 0.490 e. The number of ether oxygens (including phenoxy) is 2. The lowest BCUT2D eigenvalue weighted by Gasteiger charge is -2.26. The van der Waals surface area contributed by atoms with E-state index in [1.165, 1.54) is 0 Å². The molecular weight excluding hydrogens is 567 g/mol. The molecule has 7 nitrogen and oxygen atoms in total. The molecule has 1 aromatic carbocycles. The van der Waals surface area contributed by atoms with Crippen LogP contribution >= 0.6 is 11.3 Å². The third kappa shape index (κ3) is 8.90. The van der Waals surface area contributed by atoms with Gasteiger partial charge in [0.15, 0.2) is 11.3 Å². The Hall–Kier alpha value is -4.23. The van der Waals surface area contributed by atoms with E-state index >= 15 is 0 Å². The van der Waals surface area contributed by atoms with Crippen LogP contribution in [0.15, 0.2) is 58.9 Å². The number of allylic oxidation sites excluding steroid dienone is 2. The van der Waals surface area contributed by atoms with Gasteiger partial charge in [-0.2, -0.15) is 15.8 Å². The van der Waals surface area contributed by atoms with Gasteiger partial charge >= 0.3 is 0 Å². The summed E-state index contributed by atoms with van der Waals surface area (Å²) in [5, 5.41) is 38.4. The van der Waals surface area contributed by atoms with Crippen molar-refractivity contribution >= 4 is 43.1 Å². The van der Waals surface area contributed by atoms with Gasteiger partial charge in [0.1, 0.15) is 41.7 Å². The molecule has 0 aliphatic carbocycles. The summed E-state index contributed by atoms with van der Waals surface area (Å²) in [6.07, 6.45) is 11.6. The van der Waals surface area contributed by atoms with Gasteiger partial charge in [0.2, 0.25) is 0 Å². The Balaban J connectivity index is 1.88. The molecule has 0 saturated heterocycles. The number of hydrogen-bond acceptors (Lipinski definition) is 8. The van der Waals surface area contributed by atoms with Gasteiger partial charge < -0.3 is 19.5 Å². The summed E-state index contributed by atoms with van der Waals surface area (Å²) in [6, 6.07) is 16.0. The lowest BCUT2D eigenvalue weighted by atomic mass is 9.94. The average molecular weight is 607 g/mol. The van der Waals surface area contributed by atoms with E-state index in [0.29, 0.717) is 11.3 Å². The highest BCUT2D eigenvalue weighted by molar-refractivity contribution is 7.13. The summed E-state index contributed by atoms with van der Waals surface area (Å²) in [5.74, 6) is 0.720. The Kier molecular flexibility index (Phi) is 12.9. The van der Waals surface area contributed by atoms with Crippen LogP contribution in [-0.4, -0.2) is 44.4 Å². The van der Waals surface area contributed by atoms with Crippen molar-refractivity contribution in [3.8, 4) is 24.0 Å². The van der Waals surface area contributed by atoms with Gasteiger partial charge in [0.25, 0.3) is 0 Å². The SMILES string of the molecule is [B]CC(O)COc1cc(N(CCCC)CCCC)ccc1/C=C/c1ccc(/C=C/C2=C(C#N)C(=C(C#N)C#N)OC2(C)C)s1. The Bertz CT molecular complexity index is 1520. The molecule has 1 atom stereocenters. The number of hydrogen-bond donors (Lipinski definition) is 1. The highest BCUT2D eigenvalue weighted by atomic mass is 32.1. The van der Waals surface area contributed by atoms with Crippen LogP contribution in [0.25, 0.3) is 18.2 Å². The molecule has 9 heteroatoms. The number of benzene rings is 1. The summed E-state index contributed by atoms with van der Waals surface area (Å²) >= 11 is 1.57. The molecule has 1 unspecified atom stereocenters. The number of thiophene rings is 1. The van der Waals surface area contributed by atoms with E-state index in [4.69, 9.17) is 17.3 Å². The highest BCUT2D eigenvalue weighted by Crippen LogP contribution is 2.40. The number of aliphatic hydroxyl groups excluding tert-OH is 1. The second-order valence-corrected chi connectivity index (χ2v) is 12.1. The quantitative estimate of drug-likeness (QED) is 0.164. The molecule has 0 spiro atoms. The number of anilines is 1. The molecule has 44 heavy (non-hydrogen) atoms. The fourth-order valence-electron chi connectivity index (χ4n) is 4.67. The number of aliphatic hydroxyl groups is 1. The molecule has 2 radical (unpaired) electrons. The van der Waals surface area contributed by atoms with Gasteiger partial charge in [-0.1, -0.05) is 39.1 Å². The van der Waals surface area contributed by atoms with Gasteiger partial charge in [0, 0.05) is 45.7 Å². The summed E-state index contributed by atoms with van der Waals surface area (Å²) in [5.41, 5.74) is 1.72. The Labute approximate surface area is 267 Å². The van der Waals surface area contributed by atoms with Crippen molar-refractivity contribution in [3.63, 3.8) is 0 Å². The standard InChI is InChI=1S/C35H39BN4O3S/c1-5-7-17-40(18-8-6-2)27-11-9-25(33(19-27)42-24-28(41)20-36)10-12-29-13-14-30(44-29)15-16-32-31(23-39)34(26(21-37)22-38)43-35(32,3)4/h9-16,19,28,41H,5-8,17-18,20,24H2,1-4H3/b12-10+,16-15+. The molecule has 1 aliphatic heterocycles. The van der Waals surface area contributed by atoms with Crippen LogP contribution in [0.2, 0.25) is 6.32 Å². The number of nitriles is 3. The van der Waals surface area contributed by atoms with Crippen LogP contribution in [0.4, 0.5) is 5.69 Å². The third-order valence-corrected chi connectivity index (χ3v) is 8.20. The van der Waals surface area contributed by atoms with Gasteiger partial charge in [0.05, 0.1) is 14.0 Å². The van der Waals surface area contributed by atoms with Gasteiger partial charge in [-0.3, -0.25) is 0 Å². The smallest absolute Gasteiger partial charge is 0.172 e. The van der Waals surface area contributed by atoms with Crippen molar-refractivity contribution < 1.29 is 14.6 Å². The van der Waals surface area contributed by atoms with Crippen LogP contribution in [0.3, 0.4) is 0 Å². The summed E-state index contributed by atoms with van der Waals surface area (Å²) < 4.78 is 11.9. The van der Waals surface area contributed by atoms with Crippen molar-refractivity contribution in [3.05, 3.63) is 74.2 Å². The number of nitrogens with zero attached hydrogens (tertiary/aromatic N) is 4. The van der Waals surface area contributed by atoms with Crippen LogP contribution in [0.5, 0.6) is 5.75 Å². The van der Waals surface area contributed by atoms with Crippen LogP contribution in [0, 0.1) is 34.0 Å². The maximum atomic E-state index is 10.0. The zero-order valence-electron chi connectivity index (χ0n) is 26.0. The molecule has 0 saturated carbocycles. The Morgan fingerprint density at radius 1 is 1.02 bits per heavy atom. The predicted octanol–water partition coefficient (Wildman–Crippen LogP) is 7.60. The summed E-state index contributed by atoms with van der Waals surface area (Å²) in [7, 11) is 5.62. The molecule has 1 N–H and O–H groups in total. The first kappa shape index (κ1) is 34.3. The summed E-state index contributed by atoms with van der Waals surface area (Å²) in [6.45, 7) is 10.1. The molecule has 1 aromatic heterocycles. The molecular formula is C35H39BN4O3S. The molecule has 2 aromatic rings. The average Bonchev–Trinajstić information content (AvgIpc) is 3.58. The van der Waals surface area contributed by atoms with Gasteiger partial charge in [-0.15, -0.1) is 11.3 Å². The van der Waals surface area contributed by atoms with Crippen molar-refractivity contribution in [2.75, 3.05) is 24.6 Å². The normalized spacial score (nSPS) is 14.7. The van der Waals surface area contributed by atoms with Crippen molar-refractivity contribution in [2.24, 2.45) is 0 Å². The first-order chi connectivity index (χ1) is 21.2. The lowest BCUT2D eigenvalue weighted by molar-refractivity contribution is 0.0954. The predicted molar refractivity (Wildman–Crippen MR) is 179 cm³/mol.